The fraction of sp³-hybridized carbons (Fsp3) is 0.662. The number of likely N-dealkylation sites (tertiary alicyclic amines) is 1. The molecule has 0 unspecified atom stereocenters. The molecule has 25 nitrogen and oxygen atoms in total. The largest absolute Gasteiger partial charge is 0.391 e. The average Bonchev–Trinajstić information content (AvgIpc) is 0.830. The van der Waals surface area contributed by atoms with Gasteiger partial charge >= 0.3 is 0 Å². The molecule has 2 fully saturated rings. The first-order valence-corrected chi connectivity index (χ1v) is 34.0. The highest BCUT2D eigenvalue weighted by Gasteiger charge is 2.44. The molecule has 4 rings (SSSR count). The summed E-state index contributed by atoms with van der Waals surface area (Å²) in [5, 5.41) is 22.2. The van der Waals surface area contributed by atoms with Crippen LogP contribution in [0.5, 0.6) is 0 Å². The van der Waals surface area contributed by atoms with Crippen molar-refractivity contribution in [1.82, 2.24) is 60.5 Å². The predicted octanol–water partition coefficient (Wildman–Crippen LogP) is 3.24. The molecule has 2 aromatic rings. The van der Waals surface area contributed by atoms with Crippen LogP contribution in [0.15, 0.2) is 60.7 Å². The number of aliphatic hydroxyl groups is 1. The van der Waals surface area contributed by atoms with Gasteiger partial charge in [-0.3, -0.25) is 57.5 Å². The Morgan fingerprint density at radius 3 is 1.33 bits per heavy atom. The molecular weight excluding hydrogens is 1230 g/mol. The lowest BCUT2D eigenvalue weighted by molar-refractivity contribution is -0.153. The van der Waals surface area contributed by atoms with Gasteiger partial charge in [0.05, 0.1) is 12.5 Å². The third-order valence-corrected chi connectivity index (χ3v) is 18.6. The molecule has 0 radical (unpaired) electrons. The van der Waals surface area contributed by atoms with Gasteiger partial charge in [-0.1, -0.05) is 116 Å². The summed E-state index contributed by atoms with van der Waals surface area (Å²) in [4.78, 5) is 188. The van der Waals surface area contributed by atoms with Crippen LogP contribution in [-0.4, -0.2) is 250 Å². The molecule has 96 heavy (non-hydrogen) atoms. The standard InChI is InChI=1S/C71H112N12O13/c1-42(2)35-52-67(92)81(18)57(38-45(7)8)69(94)82(19)58(40-51-31-25-21-26-32-51)70(95)80(17)54(36-43(3)4)62(87)74-53(68(93)83-33-27-22-28-34-83)41-59(85)76(13)48(11)66(91)79(16)55(37-44(5)6)64(89)75-60(49(12)84)71(96)77(14)47(10)61(86)72-46(9)65(90)78(15)56(63(88)73-52)39-50-29-23-20-24-30-50/h20-21,23-26,29-32,42-49,52-58,60,84H,22,27-28,33-41H2,1-19H3,(H,72,86)(H,73,88)(H,74,87)(H,75,89)/t46-,47-,48-,49+,52-,53-,54-,55-,56-,57-,58-,60-/m0/s1. The normalized spacial score (nSPS) is 26.4. The van der Waals surface area contributed by atoms with E-state index in [2.05, 4.69) is 21.3 Å². The summed E-state index contributed by atoms with van der Waals surface area (Å²) >= 11 is 0. The van der Waals surface area contributed by atoms with Crippen LogP contribution < -0.4 is 21.3 Å². The monoisotopic (exact) mass is 1340 g/mol. The molecule has 0 aliphatic carbocycles. The Morgan fingerprint density at radius 2 is 0.844 bits per heavy atom. The molecule has 2 saturated heterocycles. The summed E-state index contributed by atoms with van der Waals surface area (Å²) in [5.74, 6) is -9.39. The number of hydrogen-bond acceptors (Lipinski definition) is 13. The molecule has 0 saturated carbocycles. The lowest BCUT2D eigenvalue weighted by atomic mass is 9.96. The summed E-state index contributed by atoms with van der Waals surface area (Å²) in [6, 6.07) is 3.28. The zero-order valence-corrected chi connectivity index (χ0v) is 60.4. The SMILES string of the molecule is CC(C)C[C@@H]1NC(=O)[C@H](Cc2ccccc2)N(C)C(=O)[C@H](C)NC(=O)[C@H](C)N(C)C(=O)[C@H]([C@@H](C)O)NC(=O)[C@H](CC(C)C)N(C)C(=O)[C@H](C)N(C)C(=O)C[C@@H](C(=O)N2CCCCC2)NC(=O)[C@H](CC(C)C)N(C)C(=O)[C@H](Cc2ccccc2)N(C)C(=O)[C@H](CC(C)C)N(C)C1=O. The first kappa shape index (κ1) is 80.5. The van der Waals surface area contributed by atoms with Crippen LogP contribution in [-0.2, 0) is 70.4 Å². The maximum absolute atomic E-state index is 15.6. The second-order valence-electron chi connectivity index (χ2n) is 28.2. The number of nitrogens with zero attached hydrogens (tertiary/aromatic N) is 8. The summed E-state index contributed by atoms with van der Waals surface area (Å²) in [6.45, 7) is 21.1. The third kappa shape index (κ3) is 22.0. The van der Waals surface area contributed by atoms with E-state index in [1.807, 2.05) is 61.5 Å². The van der Waals surface area contributed by atoms with E-state index in [-0.39, 0.29) is 62.2 Å². The van der Waals surface area contributed by atoms with Gasteiger partial charge in [0.15, 0.2) is 0 Å². The lowest BCUT2D eigenvalue weighted by Gasteiger charge is -2.39. The fourth-order valence-corrected chi connectivity index (χ4v) is 12.3. The van der Waals surface area contributed by atoms with Gasteiger partial charge in [-0.15, -0.1) is 0 Å². The van der Waals surface area contributed by atoms with E-state index in [0.717, 1.165) is 21.1 Å². The quantitative estimate of drug-likeness (QED) is 0.182. The smallest absolute Gasteiger partial charge is 0.248 e. The molecule has 2 heterocycles. The Morgan fingerprint density at radius 1 is 0.427 bits per heavy atom. The maximum Gasteiger partial charge on any atom is 0.248 e. The minimum absolute atomic E-state index is 0.0261. The highest BCUT2D eigenvalue weighted by atomic mass is 16.3. The Balaban J connectivity index is 1.96. The van der Waals surface area contributed by atoms with Crippen LogP contribution in [0.25, 0.3) is 0 Å². The third-order valence-electron chi connectivity index (χ3n) is 18.6. The number of nitrogens with one attached hydrogen (secondary N) is 4. The molecule has 2 aromatic carbocycles. The number of likely N-dealkylation sites (N-methyl/N-ethyl adjacent to an activating group) is 7. The Kier molecular flexibility index (Phi) is 31.0. The van der Waals surface area contributed by atoms with Gasteiger partial charge in [-0.2, -0.15) is 0 Å². The Hall–Kier alpha value is -7.96. The van der Waals surface area contributed by atoms with E-state index in [0.29, 0.717) is 37.1 Å². The van der Waals surface area contributed by atoms with E-state index < -0.39 is 150 Å². The molecule has 2 aliphatic heterocycles. The number of carbonyl (C=O) groups excluding carboxylic acids is 12. The van der Waals surface area contributed by atoms with Gasteiger partial charge in [-0.05, 0) is 107 Å². The Labute approximate surface area is 569 Å². The number of piperidine rings is 1. The number of carbonyl (C=O) groups is 12. The van der Waals surface area contributed by atoms with E-state index in [1.165, 1.54) is 96.6 Å². The fourth-order valence-electron chi connectivity index (χ4n) is 12.3. The van der Waals surface area contributed by atoms with Crippen molar-refractivity contribution in [2.45, 2.75) is 220 Å². The topological polar surface area (TPSA) is 299 Å². The van der Waals surface area contributed by atoms with Gasteiger partial charge in [-0.25, -0.2) is 0 Å². The van der Waals surface area contributed by atoms with Crippen molar-refractivity contribution in [3.05, 3.63) is 71.8 Å². The highest BCUT2D eigenvalue weighted by Crippen LogP contribution is 2.24. The number of amides is 12. The van der Waals surface area contributed by atoms with Gasteiger partial charge in [0.1, 0.15) is 66.5 Å². The minimum atomic E-state index is -1.66. The molecule has 534 valence electrons. The van der Waals surface area contributed by atoms with E-state index in [4.69, 9.17) is 0 Å². The van der Waals surface area contributed by atoms with Crippen molar-refractivity contribution in [2.75, 3.05) is 62.4 Å². The molecule has 0 spiro atoms. The van der Waals surface area contributed by atoms with Crippen molar-refractivity contribution in [2.24, 2.45) is 23.7 Å². The molecular formula is C71H112N12O13. The molecule has 12 atom stereocenters. The first-order valence-electron chi connectivity index (χ1n) is 34.0. The lowest BCUT2D eigenvalue weighted by Crippen LogP contribution is -2.62. The van der Waals surface area contributed by atoms with Gasteiger partial charge in [0, 0.05) is 75.3 Å². The van der Waals surface area contributed by atoms with Crippen LogP contribution in [0.4, 0.5) is 0 Å². The first-order chi connectivity index (χ1) is 44.9. The second kappa shape index (κ2) is 37.0. The molecule has 25 heteroatoms. The van der Waals surface area contributed by atoms with E-state index in [1.54, 1.807) is 59.5 Å². The van der Waals surface area contributed by atoms with Crippen molar-refractivity contribution in [3.8, 4) is 0 Å². The molecule has 0 bridgehead atoms. The summed E-state index contributed by atoms with van der Waals surface area (Å²) < 4.78 is 0. The zero-order valence-electron chi connectivity index (χ0n) is 60.4. The summed E-state index contributed by atoms with van der Waals surface area (Å²) in [5.41, 5.74) is 1.33. The maximum atomic E-state index is 15.6. The minimum Gasteiger partial charge on any atom is -0.391 e. The van der Waals surface area contributed by atoms with Crippen molar-refractivity contribution in [1.29, 1.82) is 0 Å². The number of benzene rings is 2. The van der Waals surface area contributed by atoms with Gasteiger partial charge < -0.3 is 65.6 Å². The van der Waals surface area contributed by atoms with E-state index in [9.17, 15) is 38.7 Å². The number of rotatable bonds is 14. The summed E-state index contributed by atoms with van der Waals surface area (Å²) in [7, 11) is 9.80. The average molecular weight is 1340 g/mol. The van der Waals surface area contributed by atoms with E-state index >= 15 is 24.0 Å². The van der Waals surface area contributed by atoms with Crippen LogP contribution in [0.1, 0.15) is 146 Å². The van der Waals surface area contributed by atoms with Crippen LogP contribution >= 0.6 is 0 Å². The van der Waals surface area contributed by atoms with Crippen molar-refractivity contribution < 1.29 is 62.6 Å². The molecule has 2 aliphatic rings. The summed E-state index contributed by atoms with van der Waals surface area (Å²) in [6.07, 6.45) is 0.363. The Bertz CT molecular complexity index is 3000. The van der Waals surface area contributed by atoms with Crippen molar-refractivity contribution in [3.63, 3.8) is 0 Å². The zero-order chi connectivity index (χ0) is 72.3. The highest BCUT2D eigenvalue weighted by molar-refractivity contribution is 6.00. The predicted molar refractivity (Wildman–Crippen MR) is 365 cm³/mol. The van der Waals surface area contributed by atoms with Crippen LogP contribution in [0.3, 0.4) is 0 Å². The molecule has 5 N–H and O–H groups in total. The number of hydrogen-bond donors (Lipinski definition) is 5. The van der Waals surface area contributed by atoms with Crippen LogP contribution in [0.2, 0.25) is 0 Å². The molecule has 0 aromatic heterocycles. The van der Waals surface area contributed by atoms with Crippen LogP contribution in [0, 0.1) is 23.7 Å². The van der Waals surface area contributed by atoms with Crippen molar-refractivity contribution >= 4 is 70.9 Å². The molecule has 12 amide bonds. The van der Waals surface area contributed by atoms with Gasteiger partial charge in [0.25, 0.3) is 0 Å². The number of aliphatic hydroxyl groups excluding tert-OH is 1. The second-order valence-corrected chi connectivity index (χ2v) is 28.2. The van der Waals surface area contributed by atoms with Gasteiger partial charge in [0.2, 0.25) is 70.9 Å².